The third-order valence-electron chi connectivity index (χ3n) is 6.35. The van der Waals surface area contributed by atoms with E-state index in [0.717, 1.165) is 34.7 Å². The normalized spacial score (nSPS) is 14.9. The molecule has 1 N–H and O–H groups in total. The van der Waals surface area contributed by atoms with Gasteiger partial charge < -0.3 is 10.0 Å². The fraction of sp³-hybridized carbons (Fsp3) is 0.346. The zero-order valence-corrected chi connectivity index (χ0v) is 20.0. The molecule has 180 valence electrons. The minimum Gasteiger partial charge on any atom is -0.395 e. The van der Waals surface area contributed by atoms with Gasteiger partial charge in [0.05, 0.1) is 48.9 Å². The minimum atomic E-state index is 0.0195. The highest BCUT2D eigenvalue weighted by atomic mass is 16.3. The first kappa shape index (κ1) is 23.1. The topological polar surface area (TPSA) is 99.8 Å². The Kier molecular flexibility index (Phi) is 6.52. The molecule has 0 bridgehead atoms. The van der Waals surface area contributed by atoms with Crippen LogP contribution in [0.15, 0.2) is 55.1 Å². The maximum absolute atomic E-state index is 12.5. The summed E-state index contributed by atoms with van der Waals surface area (Å²) in [5.74, 6) is 1.09. The number of β-amino-alcohol motifs (C(OH)–C–C–N with tert-alkyl or cyclic N) is 1. The lowest BCUT2D eigenvalue weighted by atomic mass is 10.0. The number of carbonyl (C=O) groups excluding carboxylic acids is 1. The van der Waals surface area contributed by atoms with Crippen LogP contribution in [0.3, 0.4) is 0 Å². The maximum Gasteiger partial charge on any atom is 0.241 e. The standard InChI is InChI=1S/C26H29N7O2/c1-18(2)22-16-29-33-8-6-19(13-24(22)33)23-5-7-27-25(30-23)14-20-3-4-21(15-28-20)32-10-9-31(11-12-34)17-26(32)35/h3-8,13,15-16,18,34H,9-12,14,17H2,1-2H3. The molecule has 4 aromatic heterocycles. The van der Waals surface area contributed by atoms with Gasteiger partial charge in [-0.05, 0) is 36.2 Å². The largest absolute Gasteiger partial charge is 0.395 e. The molecule has 0 saturated carbocycles. The van der Waals surface area contributed by atoms with Gasteiger partial charge in [0.25, 0.3) is 0 Å². The van der Waals surface area contributed by atoms with Gasteiger partial charge in [0, 0.05) is 48.8 Å². The smallest absolute Gasteiger partial charge is 0.241 e. The molecule has 1 amide bonds. The zero-order valence-electron chi connectivity index (χ0n) is 20.0. The molecule has 0 spiro atoms. The number of anilines is 1. The van der Waals surface area contributed by atoms with Crippen LogP contribution in [0.5, 0.6) is 0 Å². The lowest BCUT2D eigenvalue weighted by Crippen LogP contribution is -2.51. The lowest BCUT2D eigenvalue weighted by molar-refractivity contribution is -0.121. The fourth-order valence-corrected chi connectivity index (χ4v) is 4.42. The molecule has 0 unspecified atom stereocenters. The van der Waals surface area contributed by atoms with Gasteiger partial charge in [0.2, 0.25) is 5.91 Å². The number of carbonyl (C=O) groups is 1. The van der Waals surface area contributed by atoms with Gasteiger partial charge in [-0.15, -0.1) is 0 Å². The molecule has 9 heteroatoms. The van der Waals surface area contributed by atoms with Crippen LogP contribution in [0, 0.1) is 0 Å². The van der Waals surface area contributed by atoms with Crippen LogP contribution in [-0.4, -0.2) is 73.3 Å². The van der Waals surface area contributed by atoms with Gasteiger partial charge >= 0.3 is 0 Å². The lowest BCUT2D eigenvalue weighted by Gasteiger charge is -2.33. The third kappa shape index (κ3) is 4.91. The Bertz CT molecular complexity index is 1330. The summed E-state index contributed by atoms with van der Waals surface area (Å²) in [4.78, 5) is 30.0. The minimum absolute atomic E-state index is 0.0195. The number of piperazine rings is 1. The van der Waals surface area contributed by atoms with Crippen LogP contribution >= 0.6 is 0 Å². The molecule has 35 heavy (non-hydrogen) atoms. The van der Waals surface area contributed by atoms with E-state index >= 15 is 0 Å². The van der Waals surface area contributed by atoms with Crippen molar-refractivity contribution in [1.29, 1.82) is 0 Å². The molecule has 1 saturated heterocycles. The highest BCUT2D eigenvalue weighted by Gasteiger charge is 2.24. The maximum atomic E-state index is 12.5. The molecule has 0 aliphatic carbocycles. The summed E-state index contributed by atoms with van der Waals surface area (Å²) in [6.07, 6.45) is 7.90. The summed E-state index contributed by atoms with van der Waals surface area (Å²) in [6.45, 7) is 6.54. The molecule has 0 aromatic carbocycles. The van der Waals surface area contributed by atoms with Crippen LogP contribution < -0.4 is 4.90 Å². The van der Waals surface area contributed by atoms with E-state index in [0.29, 0.717) is 37.8 Å². The highest BCUT2D eigenvalue weighted by Crippen LogP contribution is 2.25. The number of amides is 1. The van der Waals surface area contributed by atoms with Crippen LogP contribution in [0.2, 0.25) is 0 Å². The molecule has 1 aliphatic rings. The summed E-state index contributed by atoms with van der Waals surface area (Å²) < 4.78 is 1.89. The number of hydrogen-bond donors (Lipinski definition) is 1. The van der Waals surface area contributed by atoms with Crippen LogP contribution in [-0.2, 0) is 11.2 Å². The molecule has 0 atom stereocenters. The van der Waals surface area contributed by atoms with Crippen molar-refractivity contribution in [2.24, 2.45) is 0 Å². The number of hydrogen-bond acceptors (Lipinski definition) is 7. The Morgan fingerprint density at radius 1 is 1.09 bits per heavy atom. The Morgan fingerprint density at radius 3 is 2.71 bits per heavy atom. The van der Waals surface area contributed by atoms with Crippen molar-refractivity contribution in [1.82, 2.24) is 29.5 Å². The number of aliphatic hydroxyl groups excluding tert-OH is 1. The number of pyridine rings is 2. The van der Waals surface area contributed by atoms with Gasteiger partial charge in [-0.3, -0.25) is 14.7 Å². The molecule has 5 rings (SSSR count). The summed E-state index contributed by atoms with van der Waals surface area (Å²) in [5.41, 5.74) is 5.79. The third-order valence-corrected chi connectivity index (χ3v) is 6.35. The predicted octanol–water partition coefficient (Wildman–Crippen LogP) is 2.54. The molecular weight excluding hydrogens is 442 g/mol. The van der Waals surface area contributed by atoms with Gasteiger partial charge in [-0.2, -0.15) is 5.10 Å². The van der Waals surface area contributed by atoms with E-state index in [1.807, 2.05) is 46.1 Å². The monoisotopic (exact) mass is 471 g/mol. The van der Waals surface area contributed by atoms with Gasteiger partial charge in [-0.25, -0.2) is 14.5 Å². The van der Waals surface area contributed by atoms with Crippen molar-refractivity contribution in [3.05, 3.63) is 72.2 Å². The molecule has 4 aromatic rings. The Hall–Kier alpha value is -3.69. The van der Waals surface area contributed by atoms with Crippen LogP contribution in [0.1, 0.15) is 36.8 Å². The van der Waals surface area contributed by atoms with Gasteiger partial charge in [0.1, 0.15) is 5.82 Å². The number of rotatable bonds is 7. The highest BCUT2D eigenvalue weighted by molar-refractivity contribution is 5.95. The van der Waals surface area contributed by atoms with Crippen molar-refractivity contribution in [3.63, 3.8) is 0 Å². The summed E-state index contributed by atoms with van der Waals surface area (Å²) in [7, 11) is 0. The fourth-order valence-electron chi connectivity index (χ4n) is 4.42. The predicted molar refractivity (Wildman–Crippen MR) is 133 cm³/mol. The molecule has 9 nitrogen and oxygen atoms in total. The number of aromatic nitrogens is 5. The number of aliphatic hydroxyl groups is 1. The second-order valence-corrected chi connectivity index (χ2v) is 9.09. The SMILES string of the molecule is CC(C)c1cnn2ccc(-c3ccnc(Cc4ccc(N5CCN(CCO)CC5=O)cn4)n3)cc12. The van der Waals surface area contributed by atoms with Crippen molar-refractivity contribution >= 4 is 17.1 Å². The van der Waals surface area contributed by atoms with Gasteiger partial charge in [0.15, 0.2) is 0 Å². The van der Waals surface area contributed by atoms with Crippen LogP contribution in [0.4, 0.5) is 5.69 Å². The molecular formula is C26H29N7O2. The summed E-state index contributed by atoms with van der Waals surface area (Å²) in [5, 5.41) is 13.5. The molecule has 1 aliphatic heterocycles. The van der Waals surface area contributed by atoms with Crippen LogP contribution in [0.25, 0.3) is 16.8 Å². The Morgan fingerprint density at radius 2 is 1.97 bits per heavy atom. The first-order valence-electron chi connectivity index (χ1n) is 11.9. The second kappa shape index (κ2) is 9.89. The van der Waals surface area contributed by atoms with Gasteiger partial charge in [-0.1, -0.05) is 13.8 Å². The molecule has 5 heterocycles. The average Bonchev–Trinajstić information content (AvgIpc) is 3.29. The van der Waals surface area contributed by atoms with Crippen molar-refractivity contribution < 1.29 is 9.90 Å². The summed E-state index contributed by atoms with van der Waals surface area (Å²) in [6, 6.07) is 9.90. The number of fused-ring (bicyclic) bond motifs is 1. The summed E-state index contributed by atoms with van der Waals surface area (Å²) >= 11 is 0. The van der Waals surface area contributed by atoms with E-state index in [9.17, 15) is 4.79 Å². The van der Waals surface area contributed by atoms with E-state index < -0.39 is 0 Å². The van der Waals surface area contributed by atoms with Crippen molar-refractivity contribution in [3.8, 4) is 11.3 Å². The second-order valence-electron chi connectivity index (χ2n) is 9.09. The zero-order chi connectivity index (χ0) is 24.4. The molecule has 1 fully saturated rings. The van der Waals surface area contributed by atoms with E-state index in [4.69, 9.17) is 10.1 Å². The quantitative estimate of drug-likeness (QED) is 0.442. The van der Waals surface area contributed by atoms with Crippen molar-refractivity contribution in [2.45, 2.75) is 26.2 Å². The van der Waals surface area contributed by atoms with E-state index in [1.165, 1.54) is 5.56 Å². The van der Waals surface area contributed by atoms with E-state index in [1.54, 1.807) is 17.3 Å². The van der Waals surface area contributed by atoms with Crippen molar-refractivity contribution in [2.75, 3.05) is 37.7 Å². The first-order valence-corrected chi connectivity index (χ1v) is 11.9. The van der Waals surface area contributed by atoms with E-state index in [-0.39, 0.29) is 12.5 Å². The Balaban J connectivity index is 1.31. The average molecular weight is 472 g/mol. The number of nitrogens with zero attached hydrogens (tertiary/aromatic N) is 7. The van der Waals surface area contributed by atoms with E-state index in [2.05, 4.69) is 35.0 Å². The molecule has 0 radical (unpaired) electrons. The Labute approximate surface area is 204 Å². The first-order chi connectivity index (χ1) is 17.0.